The second kappa shape index (κ2) is 9.20. The van der Waals surface area contributed by atoms with Crippen LogP contribution < -0.4 is 15.8 Å². The molecule has 0 saturated heterocycles. The van der Waals surface area contributed by atoms with Crippen molar-refractivity contribution in [2.45, 2.75) is 22.8 Å². The van der Waals surface area contributed by atoms with Crippen molar-refractivity contribution >= 4 is 27.3 Å². The molecule has 7 nitrogen and oxygen atoms in total. The summed E-state index contributed by atoms with van der Waals surface area (Å²) in [4.78, 5) is 14.6. The molecule has 3 N–H and O–H groups in total. The van der Waals surface area contributed by atoms with E-state index in [1.807, 2.05) is 32.3 Å². The molecule has 3 rings (SSSR count). The summed E-state index contributed by atoms with van der Waals surface area (Å²) < 4.78 is 30.8. The summed E-state index contributed by atoms with van der Waals surface area (Å²) in [6, 6.07) is 19.3. The largest absolute Gasteiger partial charge is 0.417 e. The first-order valence-electron chi connectivity index (χ1n) is 9.63. The molecule has 0 saturated carbocycles. The Kier molecular flexibility index (Phi) is 6.62. The molecule has 1 amide bonds. The van der Waals surface area contributed by atoms with Gasteiger partial charge < -0.3 is 15.4 Å². The standard InChI is InChI=1S/C23H25N3O4S/c1-16(26(2)3)17-5-4-6-20(15-17)30-23(27)25-19-9-13-22(14-10-19)31(28,29)21-11-7-18(24)8-12-21/h4-16H,24H2,1-3H3,(H,25,27)/t16-/m0/s1. The van der Waals surface area contributed by atoms with Crippen molar-refractivity contribution in [3.8, 4) is 5.75 Å². The maximum Gasteiger partial charge on any atom is 0.417 e. The number of nitrogens with two attached hydrogens (primary N) is 1. The molecule has 1 atom stereocenters. The van der Waals surface area contributed by atoms with Gasteiger partial charge in [-0.3, -0.25) is 5.32 Å². The Balaban J connectivity index is 1.68. The summed E-state index contributed by atoms with van der Waals surface area (Å²) in [5, 5.41) is 2.60. The van der Waals surface area contributed by atoms with Crippen LogP contribution in [0.25, 0.3) is 0 Å². The number of ether oxygens (including phenoxy) is 1. The molecular formula is C23H25N3O4S. The summed E-state index contributed by atoms with van der Waals surface area (Å²) in [6.07, 6.45) is -0.663. The highest BCUT2D eigenvalue weighted by molar-refractivity contribution is 7.91. The topological polar surface area (TPSA) is 102 Å². The lowest BCUT2D eigenvalue weighted by Crippen LogP contribution is -2.18. The molecule has 31 heavy (non-hydrogen) atoms. The zero-order valence-electron chi connectivity index (χ0n) is 17.6. The van der Waals surface area contributed by atoms with Crippen LogP contribution in [0.3, 0.4) is 0 Å². The zero-order valence-corrected chi connectivity index (χ0v) is 18.4. The van der Waals surface area contributed by atoms with Gasteiger partial charge in [-0.05, 0) is 87.2 Å². The number of hydrogen-bond donors (Lipinski definition) is 2. The first-order valence-corrected chi connectivity index (χ1v) is 11.1. The van der Waals surface area contributed by atoms with Crippen LogP contribution in [0.1, 0.15) is 18.5 Å². The van der Waals surface area contributed by atoms with E-state index >= 15 is 0 Å². The molecule has 0 radical (unpaired) electrons. The van der Waals surface area contributed by atoms with Crippen LogP contribution in [0.2, 0.25) is 0 Å². The Morgan fingerprint density at radius 3 is 2.13 bits per heavy atom. The first-order chi connectivity index (χ1) is 14.7. The number of amides is 1. The monoisotopic (exact) mass is 439 g/mol. The molecule has 0 aromatic heterocycles. The van der Waals surface area contributed by atoms with Gasteiger partial charge in [0.2, 0.25) is 9.84 Å². The fraction of sp³-hybridized carbons (Fsp3) is 0.174. The number of hydrogen-bond acceptors (Lipinski definition) is 6. The molecule has 0 aliphatic heterocycles. The Morgan fingerprint density at radius 1 is 0.968 bits per heavy atom. The van der Waals surface area contributed by atoms with Crippen molar-refractivity contribution in [1.82, 2.24) is 4.90 Å². The molecule has 0 aliphatic carbocycles. The fourth-order valence-corrected chi connectivity index (χ4v) is 4.15. The minimum Gasteiger partial charge on any atom is -0.410 e. The average Bonchev–Trinajstić information content (AvgIpc) is 2.74. The van der Waals surface area contributed by atoms with E-state index in [1.165, 1.54) is 48.5 Å². The highest BCUT2D eigenvalue weighted by Gasteiger charge is 2.17. The zero-order chi connectivity index (χ0) is 22.6. The third-order valence-electron chi connectivity index (χ3n) is 4.93. The number of carbonyl (C=O) groups is 1. The van der Waals surface area contributed by atoms with Gasteiger partial charge in [0, 0.05) is 17.4 Å². The second-order valence-electron chi connectivity index (χ2n) is 7.32. The number of benzene rings is 3. The van der Waals surface area contributed by atoms with Gasteiger partial charge >= 0.3 is 6.09 Å². The third-order valence-corrected chi connectivity index (χ3v) is 6.71. The van der Waals surface area contributed by atoms with Crippen molar-refractivity contribution in [3.63, 3.8) is 0 Å². The van der Waals surface area contributed by atoms with Crippen LogP contribution in [0.5, 0.6) is 5.75 Å². The highest BCUT2D eigenvalue weighted by Crippen LogP contribution is 2.24. The first kappa shape index (κ1) is 22.3. The van der Waals surface area contributed by atoms with E-state index in [-0.39, 0.29) is 15.8 Å². The summed E-state index contributed by atoms with van der Waals surface area (Å²) >= 11 is 0. The number of rotatable bonds is 6. The van der Waals surface area contributed by atoms with Crippen LogP contribution >= 0.6 is 0 Å². The predicted octanol–water partition coefficient (Wildman–Crippen LogP) is 4.34. The molecular weight excluding hydrogens is 414 g/mol. The Hall–Kier alpha value is -3.36. The van der Waals surface area contributed by atoms with Crippen LogP contribution in [0.15, 0.2) is 82.6 Å². The maximum atomic E-state index is 12.7. The third kappa shape index (κ3) is 5.42. The Morgan fingerprint density at radius 2 is 1.55 bits per heavy atom. The molecule has 0 heterocycles. The number of carbonyl (C=O) groups excluding carboxylic acids is 1. The van der Waals surface area contributed by atoms with Gasteiger partial charge in [0.05, 0.1) is 9.79 Å². The molecule has 3 aromatic rings. The van der Waals surface area contributed by atoms with E-state index in [2.05, 4.69) is 17.1 Å². The minimum absolute atomic E-state index is 0.113. The SMILES string of the molecule is C[C@@H](c1cccc(OC(=O)Nc2ccc(S(=O)(=O)c3ccc(N)cc3)cc2)c1)N(C)C. The summed E-state index contributed by atoms with van der Waals surface area (Å²) in [5.74, 6) is 0.422. The highest BCUT2D eigenvalue weighted by atomic mass is 32.2. The quantitative estimate of drug-likeness (QED) is 0.554. The second-order valence-corrected chi connectivity index (χ2v) is 9.27. The van der Waals surface area contributed by atoms with Crippen molar-refractivity contribution in [2.24, 2.45) is 0 Å². The van der Waals surface area contributed by atoms with Gasteiger partial charge in [-0.2, -0.15) is 0 Å². The minimum atomic E-state index is -3.67. The fourth-order valence-electron chi connectivity index (χ4n) is 2.89. The van der Waals surface area contributed by atoms with Gasteiger partial charge in [-0.25, -0.2) is 13.2 Å². The molecule has 3 aromatic carbocycles. The number of nitrogens with zero attached hydrogens (tertiary/aromatic N) is 1. The van der Waals surface area contributed by atoms with Crippen molar-refractivity contribution in [3.05, 3.63) is 78.4 Å². The summed E-state index contributed by atoms with van der Waals surface area (Å²) in [7, 11) is 0.275. The van der Waals surface area contributed by atoms with Gasteiger partial charge in [0.25, 0.3) is 0 Å². The van der Waals surface area contributed by atoms with Crippen molar-refractivity contribution in [1.29, 1.82) is 0 Å². The Bertz CT molecular complexity index is 1160. The van der Waals surface area contributed by atoms with Crippen LogP contribution in [0, 0.1) is 0 Å². The smallest absolute Gasteiger partial charge is 0.410 e. The average molecular weight is 440 g/mol. The normalized spacial score (nSPS) is 12.4. The van der Waals surface area contributed by atoms with Gasteiger partial charge in [0.1, 0.15) is 5.75 Å². The van der Waals surface area contributed by atoms with Gasteiger partial charge in [-0.15, -0.1) is 0 Å². The van der Waals surface area contributed by atoms with E-state index < -0.39 is 15.9 Å². The van der Waals surface area contributed by atoms with E-state index in [1.54, 1.807) is 6.07 Å². The number of nitrogens with one attached hydrogen (secondary N) is 1. The van der Waals surface area contributed by atoms with Crippen LogP contribution in [-0.4, -0.2) is 33.5 Å². The lowest BCUT2D eigenvalue weighted by atomic mass is 10.1. The molecule has 0 spiro atoms. The van der Waals surface area contributed by atoms with E-state index in [0.29, 0.717) is 17.1 Å². The lowest BCUT2D eigenvalue weighted by Gasteiger charge is -2.20. The van der Waals surface area contributed by atoms with Crippen molar-refractivity contribution in [2.75, 3.05) is 25.1 Å². The summed E-state index contributed by atoms with van der Waals surface area (Å²) in [6.45, 7) is 2.05. The lowest BCUT2D eigenvalue weighted by molar-refractivity contribution is 0.215. The predicted molar refractivity (Wildman–Crippen MR) is 121 cm³/mol. The van der Waals surface area contributed by atoms with Crippen LogP contribution in [0.4, 0.5) is 16.2 Å². The molecule has 8 heteroatoms. The van der Waals surface area contributed by atoms with E-state index in [9.17, 15) is 13.2 Å². The number of anilines is 2. The van der Waals surface area contributed by atoms with E-state index in [0.717, 1.165) is 5.56 Å². The van der Waals surface area contributed by atoms with Crippen molar-refractivity contribution < 1.29 is 17.9 Å². The van der Waals surface area contributed by atoms with Crippen LogP contribution in [-0.2, 0) is 9.84 Å². The summed E-state index contributed by atoms with van der Waals surface area (Å²) in [5.41, 5.74) is 7.54. The Labute approximate surface area is 182 Å². The molecule has 0 unspecified atom stereocenters. The number of sulfone groups is 1. The van der Waals surface area contributed by atoms with Gasteiger partial charge in [-0.1, -0.05) is 12.1 Å². The maximum absolute atomic E-state index is 12.7. The molecule has 0 bridgehead atoms. The molecule has 0 fully saturated rings. The number of nitrogen functional groups attached to an aromatic ring is 1. The molecule has 162 valence electrons. The molecule has 0 aliphatic rings. The van der Waals surface area contributed by atoms with E-state index in [4.69, 9.17) is 10.5 Å². The van der Waals surface area contributed by atoms with Gasteiger partial charge in [0.15, 0.2) is 0 Å².